The normalized spacial score (nSPS) is 13.5. The number of carbonyl (C=O) groups excluding carboxylic acids is 2. The molecular weight excluding hydrogens is 604 g/mol. The maximum Gasteiger partial charge on any atom is 0.399 e. The van der Waals surface area contributed by atoms with Crippen molar-refractivity contribution in [2.45, 2.75) is 43.9 Å². The average molecular weight is 637 g/mol. The Morgan fingerprint density at radius 2 is 1.38 bits per heavy atom. The van der Waals surface area contributed by atoms with E-state index < -0.39 is 36.0 Å². The maximum absolute atomic E-state index is 14.5. The van der Waals surface area contributed by atoms with E-state index in [1.807, 2.05) is 42.5 Å². The highest BCUT2D eigenvalue weighted by Crippen LogP contribution is 2.59. The second-order valence-electron chi connectivity index (χ2n) is 10.9. The lowest BCUT2D eigenvalue weighted by Crippen LogP contribution is -2.38. The fraction of sp³-hybridized carbons (Fsp3) is 0.200. The zero-order valence-corrected chi connectivity index (χ0v) is 25.5. The highest BCUT2D eigenvalue weighted by molar-refractivity contribution is 7.52. The molecule has 2 N–H and O–H groups in total. The SMILES string of the molecule is CC(C)OC(=O)c1ccc(C(C/C=C/c2ccccc2)(Cc2ccc(C(F)(F)P(=O)(O)O)cc2)C(=O)c2ccc(F)cc2)cc1. The molecule has 45 heavy (non-hydrogen) atoms. The van der Waals surface area contributed by atoms with Crippen molar-refractivity contribution in [2.75, 3.05) is 0 Å². The number of hydrogen-bond acceptors (Lipinski definition) is 4. The van der Waals surface area contributed by atoms with Gasteiger partial charge in [-0.05, 0) is 79.8 Å². The van der Waals surface area contributed by atoms with Gasteiger partial charge in [0, 0.05) is 11.1 Å². The van der Waals surface area contributed by atoms with Gasteiger partial charge in [-0.1, -0.05) is 78.9 Å². The molecule has 4 aromatic rings. The van der Waals surface area contributed by atoms with Crippen LogP contribution in [0, 0.1) is 5.82 Å². The molecular formula is C35H32F3O6P. The van der Waals surface area contributed by atoms with Gasteiger partial charge < -0.3 is 14.5 Å². The highest BCUT2D eigenvalue weighted by Gasteiger charge is 2.50. The Balaban J connectivity index is 1.85. The van der Waals surface area contributed by atoms with E-state index in [2.05, 4.69) is 0 Å². The molecule has 0 saturated heterocycles. The van der Waals surface area contributed by atoms with Crippen LogP contribution in [-0.4, -0.2) is 27.6 Å². The van der Waals surface area contributed by atoms with Gasteiger partial charge in [-0.25, -0.2) is 9.18 Å². The van der Waals surface area contributed by atoms with Gasteiger partial charge in [-0.2, -0.15) is 8.78 Å². The third-order valence-electron chi connectivity index (χ3n) is 7.31. The van der Waals surface area contributed by atoms with Gasteiger partial charge in [0.25, 0.3) is 0 Å². The monoisotopic (exact) mass is 636 g/mol. The van der Waals surface area contributed by atoms with E-state index in [-0.39, 0.29) is 35.9 Å². The van der Waals surface area contributed by atoms with Crippen LogP contribution in [0.5, 0.6) is 0 Å². The highest BCUT2D eigenvalue weighted by atomic mass is 31.2. The molecule has 0 amide bonds. The first-order valence-corrected chi connectivity index (χ1v) is 15.7. The van der Waals surface area contributed by atoms with Crippen LogP contribution in [-0.2, 0) is 26.8 Å². The number of esters is 1. The van der Waals surface area contributed by atoms with Gasteiger partial charge in [0.1, 0.15) is 5.82 Å². The number of allylic oxidation sites excluding steroid dienone is 1. The number of carbonyl (C=O) groups is 2. The smallest absolute Gasteiger partial charge is 0.399 e. The summed E-state index contributed by atoms with van der Waals surface area (Å²) in [6, 6.07) is 25.2. The summed E-state index contributed by atoms with van der Waals surface area (Å²) in [7, 11) is -5.79. The second-order valence-corrected chi connectivity index (χ2v) is 12.6. The molecule has 4 rings (SSSR count). The van der Waals surface area contributed by atoms with Crippen LogP contribution in [0.25, 0.3) is 6.08 Å². The Labute approximate surface area is 259 Å². The predicted molar refractivity (Wildman–Crippen MR) is 166 cm³/mol. The molecule has 6 nitrogen and oxygen atoms in total. The number of alkyl halides is 2. The van der Waals surface area contributed by atoms with Gasteiger partial charge in [-0.3, -0.25) is 9.36 Å². The molecule has 10 heteroatoms. The van der Waals surface area contributed by atoms with Crippen molar-refractivity contribution in [2.24, 2.45) is 0 Å². The summed E-state index contributed by atoms with van der Waals surface area (Å²) < 4.78 is 59.4. The van der Waals surface area contributed by atoms with Crippen molar-refractivity contribution >= 4 is 25.4 Å². The Bertz CT molecular complexity index is 1700. The second kappa shape index (κ2) is 13.8. The minimum absolute atomic E-state index is 0.0279. The first kappa shape index (κ1) is 33.6. The van der Waals surface area contributed by atoms with E-state index in [1.165, 1.54) is 48.5 Å². The lowest BCUT2D eigenvalue weighted by atomic mass is 9.68. The summed E-state index contributed by atoms with van der Waals surface area (Å²) in [5, 5.41) is 0. The number of Topliss-reactive ketones (excluding diaryl/α,β-unsaturated/α-hetero) is 1. The maximum atomic E-state index is 14.5. The molecule has 0 aliphatic heterocycles. The van der Waals surface area contributed by atoms with E-state index in [1.54, 1.807) is 26.0 Å². The van der Waals surface area contributed by atoms with Gasteiger partial charge in [0.2, 0.25) is 0 Å². The first-order valence-electron chi connectivity index (χ1n) is 14.1. The topological polar surface area (TPSA) is 101 Å². The molecule has 0 saturated carbocycles. The summed E-state index contributed by atoms with van der Waals surface area (Å²) in [4.78, 5) is 45.4. The van der Waals surface area contributed by atoms with Crippen LogP contribution in [0.4, 0.5) is 13.2 Å². The Hall–Kier alpha value is -4.30. The van der Waals surface area contributed by atoms with Gasteiger partial charge in [0.05, 0.1) is 17.1 Å². The molecule has 0 radical (unpaired) electrons. The molecule has 0 heterocycles. The average Bonchev–Trinajstić information content (AvgIpc) is 3.00. The van der Waals surface area contributed by atoms with Crippen molar-refractivity contribution in [1.82, 2.24) is 0 Å². The fourth-order valence-corrected chi connectivity index (χ4v) is 5.47. The first-order chi connectivity index (χ1) is 21.2. The predicted octanol–water partition coefficient (Wildman–Crippen LogP) is 8.08. The molecule has 0 spiro atoms. The lowest BCUT2D eigenvalue weighted by Gasteiger charge is -2.33. The minimum atomic E-state index is -5.79. The summed E-state index contributed by atoms with van der Waals surface area (Å²) in [5.74, 6) is -1.46. The van der Waals surface area contributed by atoms with Crippen molar-refractivity contribution in [3.63, 3.8) is 0 Å². The molecule has 1 unspecified atom stereocenters. The lowest BCUT2D eigenvalue weighted by molar-refractivity contribution is 0.0377. The van der Waals surface area contributed by atoms with Gasteiger partial charge in [0.15, 0.2) is 5.78 Å². The number of halogens is 3. The Morgan fingerprint density at radius 3 is 1.93 bits per heavy atom. The standard InChI is InChI=1S/C35H32F3O6P/c1-24(2)44-33(40)28-12-18-29(19-13-28)34(22-6-9-25-7-4-3-5-8-25,32(39)27-14-20-31(36)21-15-27)23-26-10-16-30(17-11-26)35(37,38)45(41,42)43/h3-21,24H,22-23H2,1-2H3,(H2,41,42,43)/b9-6+. The number of ether oxygens (including phenoxy) is 1. The largest absolute Gasteiger partial charge is 0.459 e. The summed E-state index contributed by atoms with van der Waals surface area (Å²) >= 11 is 0. The van der Waals surface area contributed by atoms with E-state index in [0.29, 0.717) is 11.1 Å². The Kier molecular flexibility index (Phi) is 10.3. The number of benzene rings is 4. The van der Waals surface area contributed by atoms with Crippen LogP contribution < -0.4 is 0 Å². The molecule has 4 aromatic carbocycles. The molecule has 0 bridgehead atoms. The van der Waals surface area contributed by atoms with Crippen molar-refractivity contribution < 1.29 is 41.8 Å². The minimum Gasteiger partial charge on any atom is -0.459 e. The van der Waals surface area contributed by atoms with E-state index in [0.717, 1.165) is 17.7 Å². The molecule has 0 aliphatic rings. The van der Waals surface area contributed by atoms with E-state index in [4.69, 9.17) is 4.74 Å². The van der Waals surface area contributed by atoms with Crippen molar-refractivity contribution in [1.29, 1.82) is 0 Å². The number of rotatable bonds is 12. The molecule has 0 aromatic heterocycles. The third-order valence-corrected chi connectivity index (χ3v) is 8.30. The Morgan fingerprint density at radius 1 is 0.822 bits per heavy atom. The fourth-order valence-electron chi connectivity index (χ4n) is 4.98. The van der Waals surface area contributed by atoms with Crippen LogP contribution in [0.2, 0.25) is 0 Å². The van der Waals surface area contributed by atoms with Crippen LogP contribution >= 0.6 is 7.60 Å². The van der Waals surface area contributed by atoms with Crippen LogP contribution in [0.15, 0.2) is 109 Å². The summed E-state index contributed by atoms with van der Waals surface area (Å²) in [6.07, 6.45) is 3.40. The summed E-state index contributed by atoms with van der Waals surface area (Å²) in [5.41, 5.74) is -4.38. The molecule has 0 aliphatic carbocycles. The number of hydrogen-bond donors (Lipinski definition) is 2. The summed E-state index contributed by atoms with van der Waals surface area (Å²) in [6.45, 7) is 3.44. The zero-order chi connectivity index (χ0) is 32.8. The van der Waals surface area contributed by atoms with Gasteiger partial charge in [-0.15, -0.1) is 0 Å². The quantitative estimate of drug-likeness (QED) is 0.0927. The molecule has 0 fully saturated rings. The van der Waals surface area contributed by atoms with Crippen molar-refractivity contribution in [3.05, 3.63) is 148 Å². The molecule has 234 valence electrons. The van der Waals surface area contributed by atoms with E-state index >= 15 is 0 Å². The third kappa shape index (κ3) is 7.87. The number of ketones is 1. The van der Waals surface area contributed by atoms with Crippen molar-refractivity contribution in [3.8, 4) is 0 Å². The molecule has 1 atom stereocenters. The van der Waals surface area contributed by atoms with Crippen LogP contribution in [0.3, 0.4) is 0 Å². The zero-order valence-electron chi connectivity index (χ0n) is 24.6. The van der Waals surface area contributed by atoms with Gasteiger partial charge >= 0.3 is 19.2 Å². The van der Waals surface area contributed by atoms with Crippen LogP contribution in [0.1, 0.15) is 63.2 Å². The van der Waals surface area contributed by atoms with E-state index in [9.17, 15) is 37.1 Å².